The number of hydrogen-bond acceptors (Lipinski definition) is 6. The number of halogens is 1. The van der Waals surface area contributed by atoms with E-state index in [0.29, 0.717) is 18.0 Å². The van der Waals surface area contributed by atoms with Crippen molar-refractivity contribution in [2.75, 3.05) is 25.1 Å². The average Bonchev–Trinajstić information content (AvgIpc) is 3.37. The van der Waals surface area contributed by atoms with Crippen LogP contribution in [0.15, 0.2) is 42.9 Å². The Hall–Kier alpha value is -3.52. The fourth-order valence-corrected chi connectivity index (χ4v) is 4.34. The molecule has 1 atom stereocenters. The summed E-state index contributed by atoms with van der Waals surface area (Å²) in [6.07, 6.45) is 6.22. The fourth-order valence-electron chi connectivity index (χ4n) is 4.34. The number of fused-ring (bicyclic) bond motifs is 1. The number of imidazole rings is 1. The fraction of sp³-hybridized carbons (Fsp3) is 0.292. The van der Waals surface area contributed by atoms with Crippen LogP contribution in [-0.2, 0) is 0 Å². The molecule has 5 rings (SSSR count). The Morgan fingerprint density at radius 1 is 1.22 bits per heavy atom. The van der Waals surface area contributed by atoms with Gasteiger partial charge in [-0.3, -0.25) is 4.98 Å². The lowest BCUT2D eigenvalue weighted by atomic mass is 10.0. The van der Waals surface area contributed by atoms with E-state index in [9.17, 15) is 4.39 Å². The third kappa shape index (κ3) is 3.46. The average molecular weight is 433 g/mol. The van der Waals surface area contributed by atoms with Crippen molar-refractivity contribution in [1.82, 2.24) is 19.9 Å². The number of aromatic amines is 1. The summed E-state index contributed by atoms with van der Waals surface area (Å²) in [5.74, 6) is 0.467. The molecule has 3 N–H and O–H groups in total. The summed E-state index contributed by atoms with van der Waals surface area (Å²) >= 11 is 0. The number of methoxy groups -OCH3 is 1. The number of ether oxygens (including phenoxy) is 1. The minimum atomic E-state index is -0.406. The minimum Gasteiger partial charge on any atom is -0.494 e. The van der Waals surface area contributed by atoms with Gasteiger partial charge in [-0.2, -0.15) is 0 Å². The summed E-state index contributed by atoms with van der Waals surface area (Å²) in [4.78, 5) is 19.3. The van der Waals surface area contributed by atoms with Gasteiger partial charge in [0.2, 0.25) is 0 Å². The molecular formula is C24H25FN6O. The molecule has 4 heterocycles. The summed E-state index contributed by atoms with van der Waals surface area (Å²) < 4.78 is 19.3. The van der Waals surface area contributed by atoms with Crippen molar-refractivity contribution in [2.45, 2.75) is 25.8 Å². The quantitative estimate of drug-likeness (QED) is 0.505. The highest BCUT2D eigenvalue weighted by molar-refractivity contribution is 5.91. The highest BCUT2D eigenvalue weighted by Crippen LogP contribution is 2.41. The molecule has 0 bridgehead atoms. The number of nitrogens with two attached hydrogens (primary N) is 1. The van der Waals surface area contributed by atoms with Crippen LogP contribution in [0.25, 0.3) is 33.7 Å². The van der Waals surface area contributed by atoms with Crippen molar-refractivity contribution >= 4 is 16.9 Å². The Morgan fingerprint density at radius 2 is 2.03 bits per heavy atom. The van der Waals surface area contributed by atoms with Gasteiger partial charge in [-0.1, -0.05) is 6.07 Å². The molecule has 1 aliphatic rings. The number of benzene rings is 1. The van der Waals surface area contributed by atoms with E-state index >= 15 is 0 Å². The van der Waals surface area contributed by atoms with E-state index in [0.717, 1.165) is 46.4 Å². The van der Waals surface area contributed by atoms with Gasteiger partial charge in [-0.15, -0.1) is 0 Å². The van der Waals surface area contributed by atoms with E-state index in [4.69, 9.17) is 15.5 Å². The van der Waals surface area contributed by atoms with Gasteiger partial charge in [-0.05, 0) is 49.6 Å². The Balaban J connectivity index is 1.73. The Kier molecular flexibility index (Phi) is 4.82. The predicted octanol–water partition coefficient (Wildman–Crippen LogP) is 4.07. The molecule has 3 aromatic heterocycles. The van der Waals surface area contributed by atoms with Crippen molar-refractivity contribution in [1.29, 1.82) is 0 Å². The van der Waals surface area contributed by atoms with Crippen LogP contribution in [0.4, 0.5) is 10.1 Å². The topological polar surface area (TPSA) is 93.0 Å². The van der Waals surface area contributed by atoms with Gasteiger partial charge in [-0.25, -0.2) is 14.4 Å². The summed E-state index contributed by atoms with van der Waals surface area (Å²) in [6, 6.07) is 6.80. The van der Waals surface area contributed by atoms with E-state index in [2.05, 4.69) is 26.8 Å². The summed E-state index contributed by atoms with van der Waals surface area (Å²) in [7, 11) is 1.46. The second-order valence-electron chi connectivity index (χ2n) is 8.67. The number of rotatable bonds is 4. The van der Waals surface area contributed by atoms with Crippen molar-refractivity contribution in [3.8, 4) is 28.3 Å². The molecule has 1 saturated heterocycles. The molecule has 1 aliphatic heterocycles. The predicted molar refractivity (Wildman–Crippen MR) is 123 cm³/mol. The van der Waals surface area contributed by atoms with Crippen LogP contribution in [0.1, 0.15) is 18.9 Å². The second-order valence-corrected chi connectivity index (χ2v) is 8.67. The minimum absolute atomic E-state index is 0.188. The van der Waals surface area contributed by atoms with E-state index in [-0.39, 0.29) is 11.3 Å². The monoisotopic (exact) mass is 432 g/mol. The molecule has 32 heavy (non-hydrogen) atoms. The maximum absolute atomic E-state index is 14.1. The number of nitrogens with zero attached hydrogens (tertiary/aromatic N) is 4. The van der Waals surface area contributed by atoms with Gasteiger partial charge in [0.05, 0.1) is 23.9 Å². The lowest BCUT2D eigenvalue weighted by Crippen LogP contribution is -2.39. The maximum Gasteiger partial charge on any atom is 0.178 e. The van der Waals surface area contributed by atoms with Crippen LogP contribution in [-0.4, -0.2) is 45.7 Å². The molecule has 0 aliphatic carbocycles. The molecule has 1 aromatic carbocycles. The lowest BCUT2D eigenvalue weighted by Gasteiger charge is -2.26. The molecule has 7 nitrogen and oxygen atoms in total. The Bertz CT molecular complexity index is 1320. The standard InChI is InChI=1S/C24H25FN6O/c1-14-6-8-28-23-20(14)29-22(30-23)17-12-27-11-16(15-4-5-18(25)19(10-15)32-3)21(17)31-9-7-24(2,26)13-31/h4-6,8,10-12H,7,9,13,26H2,1-3H3,(H,28,29,30)/t24-/m0/s1. The normalized spacial score (nSPS) is 18.5. The first-order valence-electron chi connectivity index (χ1n) is 10.5. The van der Waals surface area contributed by atoms with Gasteiger partial charge in [0, 0.05) is 42.8 Å². The zero-order valence-electron chi connectivity index (χ0n) is 18.3. The highest BCUT2D eigenvalue weighted by Gasteiger charge is 2.33. The molecule has 8 heteroatoms. The van der Waals surface area contributed by atoms with Gasteiger partial charge >= 0.3 is 0 Å². The number of aryl methyl sites for hydroxylation is 1. The smallest absolute Gasteiger partial charge is 0.178 e. The highest BCUT2D eigenvalue weighted by atomic mass is 19.1. The van der Waals surface area contributed by atoms with Gasteiger partial charge in [0.1, 0.15) is 5.82 Å². The Labute approximate surface area is 185 Å². The van der Waals surface area contributed by atoms with Gasteiger partial charge < -0.3 is 20.4 Å². The first kappa shape index (κ1) is 20.4. The molecule has 0 spiro atoms. The number of H-pyrrole nitrogens is 1. The molecular weight excluding hydrogens is 407 g/mol. The molecule has 4 aromatic rings. The van der Waals surface area contributed by atoms with Crippen molar-refractivity contribution in [3.05, 3.63) is 54.2 Å². The van der Waals surface area contributed by atoms with Gasteiger partial charge in [0.15, 0.2) is 17.2 Å². The van der Waals surface area contributed by atoms with E-state index in [1.807, 2.05) is 13.0 Å². The molecule has 1 fully saturated rings. The van der Waals surface area contributed by atoms with Crippen molar-refractivity contribution < 1.29 is 9.13 Å². The Morgan fingerprint density at radius 3 is 2.75 bits per heavy atom. The van der Waals surface area contributed by atoms with E-state index < -0.39 is 5.82 Å². The molecule has 0 saturated carbocycles. The van der Waals surface area contributed by atoms with Crippen LogP contribution in [0.5, 0.6) is 5.75 Å². The number of anilines is 1. The first-order chi connectivity index (χ1) is 15.4. The van der Waals surface area contributed by atoms with E-state index in [1.54, 1.807) is 30.7 Å². The van der Waals surface area contributed by atoms with Crippen molar-refractivity contribution in [2.24, 2.45) is 5.73 Å². The molecule has 0 radical (unpaired) electrons. The SMILES string of the molecule is COc1cc(-c2cncc(-c3nc4nccc(C)c4[nH]3)c2N2CC[C@](C)(N)C2)ccc1F. The maximum atomic E-state index is 14.1. The van der Waals surface area contributed by atoms with Crippen LogP contribution in [0.2, 0.25) is 0 Å². The van der Waals surface area contributed by atoms with Crippen LogP contribution in [0, 0.1) is 12.7 Å². The number of pyridine rings is 2. The molecule has 164 valence electrons. The van der Waals surface area contributed by atoms with E-state index in [1.165, 1.54) is 13.2 Å². The third-order valence-corrected chi connectivity index (χ3v) is 6.06. The summed E-state index contributed by atoms with van der Waals surface area (Å²) in [5, 5.41) is 0. The lowest BCUT2D eigenvalue weighted by molar-refractivity contribution is 0.387. The summed E-state index contributed by atoms with van der Waals surface area (Å²) in [6.45, 7) is 5.56. The summed E-state index contributed by atoms with van der Waals surface area (Å²) in [5.41, 5.74) is 12.3. The zero-order valence-corrected chi connectivity index (χ0v) is 18.3. The molecule has 0 unspecified atom stereocenters. The number of nitrogens with one attached hydrogen (secondary N) is 1. The van der Waals surface area contributed by atoms with Crippen molar-refractivity contribution in [3.63, 3.8) is 0 Å². The van der Waals surface area contributed by atoms with Gasteiger partial charge in [0.25, 0.3) is 0 Å². The second kappa shape index (κ2) is 7.56. The zero-order chi connectivity index (χ0) is 22.5. The van der Waals surface area contributed by atoms with Crippen LogP contribution >= 0.6 is 0 Å². The first-order valence-corrected chi connectivity index (χ1v) is 10.5. The number of hydrogen-bond donors (Lipinski definition) is 2. The number of aromatic nitrogens is 4. The third-order valence-electron chi connectivity index (χ3n) is 6.06. The van der Waals surface area contributed by atoms with Crippen LogP contribution < -0.4 is 15.4 Å². The molecule has 0 amide bonds. The van der Waals surface area contributed by atoms with Crippen LogP contribution in [0.3, 0.4) is 0 Å². The largest absolute Gasteiger partial charge is 0.494 e.